The van der Waals surface area contributed by atoms with Gasteiger partial charge in [0.1, 0.15) is 28.5 Å². The number of fused-ring (bicyclic) bond motifs is 2. The number of aliphatic hydroxyl groups excluding tert-OH is 1. The molecule has 4 atom stereocenters. The number of carboxylic acids is 1. The largest absolute Gasteiger partial charge is 0.508 e. The van der Waals surface area contributed by atoms with Crippen LogP contribution >= 0.6 is 23.1 Å². The first kappa shape index (κ1) is 26.3. The molecule has 5 rings (SSSR count). The lowest BCUT2D eigenvalue weighted by atomic mass is 9.66. The van der Waals surface area contributed by atoms with Gasteiger partial charge >= 0.3 is 12.1 Å². The molecule has 2 aliphatic rings. The molecule has 0 aliphatic carbocycles. The van der Waals surface area contributed by atoms with Crippen LogP contribution in [0.4, 0.5) is 4.79 Å². The van der Waals surface area contributed by atoms with Crippen molar-refractivity contribution in [3.05, 3.63) is 59.0 Å². The molecule has 0 radical (unpaired) electrons. The van der Waals surface area contributed by atoms with E-state index in [9.17, 15) is 24.6 Å². The van der Waals surface area contributed by atoms with Gasteiger partial charge in [-0.2, -0.15) is 0 Å². The lowest BCUT2D eigenvalue weighted by Crippen LogP contribution is -2.66. The Bertz CT molecular complexity index is 1430. The van der Waals surface area contributed by atoms with E-state index in [-0.39, 0.29) is 25.3 Å². The summed E-state index contributed by atoms with van der Waals surface area (Å²) in [6.45, 7) is 3.39. The van der Waals surface area contributed by atoms with E-state index in [1.54, 1.807) is 6.33 Å². The highest BCUT2D eigenvalue weighted by Crippen LogP contribution is 2.60. The molecule has 0 spiro atoms. The number of carbonyl (C=O) groups is 3. The average Bonchev–Trinajstić information content (AvgIpc) is 3.51. The molecule has 1 aromatic carbocycles. The van der Waals surface area contributed by atoms with Gasteiger partial charge in [-0.15, -0.1) is 23.1 Å². The summed E-state index contributed by atoms with van der Waals surface area (Å²) < 4.78 is 12.4. The van der Waals surface area contributed by atoms with Gasteiger partial charge in [-0.25, -0.2) is 14.6 Å². The van der Waals surface area contributed by atoms with Gasteiger partial charge in [0, 0.05) is 17.2 Å². The quantitative estimate of drug-likeness (QED) is 0.229. The molecule has 38 heavy (non-hydrogen) atoms. The molecule has 4 heterocycles. The van der Waals surface area contributed by atoms with Crippen LogP contribution in [0.3, 0.4) is 0 Å². The summed E-state index contributed by atoms with van der Waals surface area (Å²) in [5, 5.41) is 21.4. The Hall–Kier alpha value is -3.35. The zero-order valence-corrected chi connectivity index (χ0v) is 22.6. The molecule has 2 aromatic heterocycles. The van der Waals surface area contributed by atoms with Crippen LogP contribution in [0.1, 0.15) is 30.7 Å². The molecule has 2 aliphatic heterocycles. The predicted octanol–water partition coefficient (Wildman–Crippen LogP) is 3.88. The summed E-state index contributed by atoms with van der Waals surface area (Å²) in [5.41, 5.74) is 0.279. The van der Waals surface area contributed by atoms with Crippen molar-refractivity contribution in [2.75, 3.05) is 12.9 Å². The molecule has 0 unspecified atom stereocenters. The summed E-state index contributed by atoms with van der Waals surface area (Å²) in [7, 11) is 0. The molecule has 0 saturated carbocycles. The number of ether oxygens (including phenoxy) is 2. The summed E-state index contributed by atoms with van der Waals surface area (Å²) in [6.07, 6.45) is 3.80. The Balaban J connectivity index is 1.45. The van der Waals surface area contributed by atoms with Crippen LogP contribution in [-0.4, -0.2) is 67.5 Å². The standard InChI is InChI=1S/C26H27N3O7S2/c1-14(30)17-20-26(2,9-10-35-25(34)36-12-15-7-5-4-6-8-15)18(19(24(32)33)29(20)22(17)31)16-11-28-13-27-21(37-3)23(28)38-16/h4-8,11,13-14,17,20,30H,9-10,12H2,1-3H3,(H,32,33)/t14-,17-,20-,26+/m1/s1. The van der Waals surface area contributed by atoms with Crippen molar-refractivity contribution in [2.24, 2.45) is 11.3 Å². The van der Waals surface area contributed by atoms with Gasteiger partial charge in [-0.1, -0.05) is 37.3 Å². The van der Waals surface area contributed by atoms with Crippen molar-refractivity contribution < 1.29 is 34.1 Å². The molecular weight excluding hydrogens is 530 g/mol. The topological polar surface area (TPSA) is 131 Å². The first-order valence-electron chi connectivity index (χ1n) is 12.0. The van der Waals surface area contributed by atoms with Crippen LogP contribution < -0.4 is 0 Å². The van der Waals surface area contributed by atoms with Gasteiger partial charge in [0.05, 0.1) is 29.5 Å². The Morgan fingerprint density at radius 1 is 1.26 bits per heavy atom. The van der Waals surface area contributed by atoms with E-state index >= 15 is 0 Å². The minimum absolute atomic E-state index is 0.0620. The van der Waals surface area contributed by atoms with Gasteiger partial charge in [-0.05, 0) is 25.2 Å². The molecule has 1 fully saturated rings. The van der Waals surface area contributed by atoms with Gasteiger partial charge in [0.2, 0.25) is 5.91 Å². The number of benzene rings is 1. The summed E-state index contributed by atoms with van der Waals surface area (Å²) in [6, 6.07) is 8.61. The molecular formula is C26H27N3O7S2. The van der Waals surface area contributed by atoms with Crippen LogP contribution in [0.15, 0.2) is 53.6 Å². The lowest BCUT2D eigenvalue weighted by molar-refractivity contribution is -0.167. The number of amides is 1. The smallest absolute Gasteiger partial charge is 0.477 e. The van der Waals surface area contributed by atoms with E-state index in [4.69, 9.17) is 9.47 Å². The maximum atomic E-state index is 13.0. The number of rotatable bonds is 9. The number of thiazole rings is 1. The highest BCUT2D eigenvalue weighted by molar-refractivity contribution is 7.98. The zero-order chi connectivity index (χ0) is 27.2. The summed E-state index contributed by atoms with van der Waals surface area (Å²) in [4.78, 5) is 45.0. The highest BCUT2D eigenvalue weighted by Gasteiger charge is 2.66. The SMILES string of the molecule is CSc1ncn2cc(C3=C(C(=O)O)N4C(=O)[C@H]([C@@H](C)O)[C@@H]4[C@@]3(C)CCOC(=O)OCc3ccccc3)sc12. The lowest BCUT2D eigenvalue weighted by Gasteiger charge is -2.50. The molecule has 10 nitrogen and oxygen atoms in total. The minimum Gasteiger partial charge on any atom is -0.477 e. The number of aromatic nitrogens is 2. The third-order valence-corrected chi connectivity index (χ3v) is 9.17. The Morgan fingerprint density at radius 3 is 2.66 bits per heavy atom. The molecule has 0 bridgehead atoms. The third kappa shape index (κ3) is 4.26. The van der Waals surface area contributed by atoms with Gasteiger partial charge in [0.25, 0.3) is 0 Å². The second-order valence-corrected chi connectivity index (χ2v) is 11.4. The Kier molecular flexibility index (Phi) is 6.97. The fourth-order valence-corrected chi connectivity index (χ4v) is 7.43. The molecule has 12 heteroatoms. The first-order chi connectivity index (χ1) is 18.2. The van der Waals surface area contributed by atoms with Crippen molar-refractivity contribution in [3.63, 3.8) is 0 Å². The summed E-state index contributed by atoms with van der Waals surface area (Å²) in [5.74, 6) is -2.43. The fourth-order valence-electron chi connectivity index (χ4n) is 5.47. The molecule has 2 N–H and O–H groups in total. The van der Waals surface area contributed by atoms with Crippen LogP contribution in [0, 0.1) is 11.3 Å². The van der Waals surface area contributed by atoms with Crippen LogP contribution in [0.5, 0.6) is 0 Å². The van der Waals surface area contributed by atoms with Crippen molar-refractivity contribution in [1.82, 2.24) is 14.3 Å². The summed E-state index contributed by atoms with van der Waals surface area (Å²) >= 11 is 2.87. The number of imidazole rings is 1. The highest BCUT2D eigenvalue weighted by atomic mass is 32.2. The van der Waals surface area contributed by atoms with Crippen molar-refractivity contribution >= 4 is 51.5 Å². The van der Waals surface area contributed by atoms with Crippen LogP contribution in [0.25, 0.3) is 10.4 Å². The van der Waals surface area contributed by atoms with E-state index in [1.807, 2.05) is 54.1 Å². The number of aliphatic hydroxyl groups is 1. The third-order valence-electron chi connectivity index (χ3n) is 7.23. The van der Waals surface area contributed by atoms with Crippen LogP contribution in [-0.2, 0) is 25.7 Å². The first-order valence-corrected chi connectivity index (χ1v) is 14.0. The Labute approximate surface area is 226 Å². The van der Waals surface area contributed by atoms with Crippen LogP contribution in [0.2, 0.25) is 0 Å². The maximum Gasteiger partial charge on any atom is 0.508 e. The molecule has 1 saturated heterocycles. The van der Waals surface area contributed by atoms with E-state index in [0.717, 1.165) is 15.4 Å². The zero-order valence-electron chi connectivity index (χ0n) is 21.0. The number of carbonyl (C=O) groups excluding carboxylic acids is 2. The number of nitrogens with zero attached hydrogens (tertiary/aromatic N) is 3. The molecule has 3 aromatic rings. The maximum absolute atomic E-state index is 13.0. The predicted molar refractivity (Wildman–Crippen MR) is 141 cm³/mol. The minimum atomic E-state index is -1.23. The monoisotopic (exact) mass is 557 g/mol. The van der Waals surface area contributed by atoms with Gasteiger partial charge < -0.3 is 24.6 Å². The fraction of sp³-hybridized carbons (Fsp3) is 0.385. The molecule has 1 amide bonds. The normalized spacial score (nSPS) is 23.4. The molecule has 200 valence electrons. The number of hydrogen-bond acceptors (Lipinski definition) is 9. The second-order valence-electron chi connectivity index (χ2n) is 9.55. The number of aliphatic carboxylic acids is 1. The van der Waals surface area contributed by atoms with E-state index in [0.29, 0.717) is 10.5 Å². The van der Waals surface area contributed by atoms with E-state index in [1.165, 1.54) is 34.9 Å². The average molecular weight is 558 g/mol. The van der Waals surface area contributed by atoms with Gasteiger partial charge in [-0.3, -0.25) is 9.20 Å². The van der Waals surface area contributed by atoms with Crippen molar-refractivity contribution in [3.8, 4) is 0 Å². The van der Waals surface area contributed by atoms with E-state index < -0.39 is 41.5 Å². The Morgan fingerprint density at radius 2 is 2.00 bits per heavy atom. The van der Waals surface area contributed by atoms with Crippen molar-refractivity contribution in [2.45, 2.75) is 44.0 Å². The van der Waals surface area contributed by atoms with E-state index in [2.05, 4.69) is 4.98 Å². The number of hydrogen-bond donors (Lipinski definition) is 2. The second kappa shape index (κ2) is 10.1. The number of carboxylic acid groups (broad SMARTS) is 1. The van der Waals surface area contributed by atoms with Crippen molar-refractivity contribution in [1.29, 1.82) is 0 Å². The van der Waals surface area contributed by atoms with Gasteiger partial charge in [0.15, 0.2) is 0 Å². The number of thioether (sulfide) groups is 1. The number of β-lactam (4-membered cyclic amide) rings is 1.